The fraction of sp³-hybridized carbons (Fsp3) is 0.111. The van der Waals surface area contributed by atoms with Crippen LogP contribution in [0.5, 0.6) is 0 Å². The van der Waals surface area contributed by atoms with E-state index in [0.29, 0.717) is 6.42 Å². The molecule has 0 bridgehead atoms. The van der Waals surface area contributed by atoms with E-state index in [1.165, 1.54) is 11.5 Å². The Hall–Kier alpha value is -1.22. The molecule has 2 aromatic rings. The number of hydrogen-bond acceptors (Lipinski definition) is 3. The highest BCUT2D eigenvalue weighted by atomic mass is 32.1. The predicted octanol–water partition coefficient (Wildman–Crippen LogP) is 1.95. The molecule has 1 aromatic heterocycles. The average molecular weight is 176 g/mol. The van der Waals surface area contributed by atoms with Crippen molar-refractivity contribution in [1.29, 1.82) is 0 Å². The van der Waals surface area contributed by atoms with Crippen LogP contribution in [-0.4, -0.2) is 10.7 Å². The van der Waals surface area contributed by atoms with Gasteiger partial charge in [0.15, 0.2) is 0 Å². The Morgan fingerprint density at radius 1 is 1.42 bits per heavy atom. The lowest BCUT2D eigenvalue weighted by Crippen LogP contribution is -1.84. The van der Waals surface area contributed by atoms with Gasteiger partial charge in [-0.2, -0.15) is 4.37 Å². The molecule has 0 aliphatic carbocycles. The zero-order valence-corrected chi connectivity index (χ0v) is 7.10. The Balaban J connectivity index is 2.62. The van der Waals surface area contributed by atoms with Gasteiger partial charge in [-0.05, 0) is 17.6 Å². The summed E-state index contributed by atoms with van der Waals surface area (Å²) in [6.45, 7) is 0. The summed E-state index contributed by atoms with van der Waals surface area (Å²) in [5.74, 6) is 0. The molecule has 1 radical (unpaired) electrons. The van der Waals surface area contributed by atoms with Gasteiger partial charge in [0, 0.05) is 5.39 Å². The van der Waals surface area contributed by atoms with Crippen molar-refractivity contribution in [2.45, 2.75) is 6.42 Å². The first kappa shape index (κ1) is 7.43. The molecule has 1 heterocycles. The van der Waals surface area contributed by atoms with Gasteiger partial charge in [0.2, 0.25) is 6.29 Å². The van der Waals surface area contributed by atoms with Crippen molar-refractivity contribution in [3.63, 3.8) is 0 Å². The molecule has 0 saturated heterocycles. The summed E-state index contributed by atoms with van der Waals surface area (Å²) < 4.78 is 5.29. The van der Waals surface area contributed by atoms with Crippen molar-refractivity contribution in [3.8, 4) is 0 Å². The summed E-state index contributed by atoms with van der Waals surface area (Å²) >= 11 is 1.42. The first-order valence-electron chi connectivity index (χ1n) is 3.60. The summed E-state index contributed by atoms with van der Waals surface area (Å²) in [7, 11) is 0. The Labute approximate surface area is 74.0 Å². The molecular weight excluding hydrogens is 170 g/mol. The molecule has 1 aromatic carbocycles. The molecule has 0 aliphatic heterocycles. The van der Waals surface area contributed by atoms with Crippen LogP contribution < -0.4 is 0 Å². The SMILES string of the molecule is O=[C]Cc1nsc2ccccc12. The highest BCUT2D eigenvalue weighted by Gasteiger charge is 2.03. The maximum absolute atomic E-state index is 10.2. The largest absolute Gasteiger partial charge is 0.290 e. The molecular formula is C9H6NOS. The van der Waals surface area contributed by atoms with Crippen molar-refractivity contribution in [1.82, 2.24) is 4.37 Å². The summed E-state index contributed by atoms with van der Waals surface area (Å²) in [6.07, 6.45) is 2.15. The van der Waals surface area contributed by atoms with E-state index >= 15 is 0 Å². The van der Waals surface area contributed by atoms with E-state index in [-0.39, 0.29) is 0 Å². The van der Waals surface area contributed by atoms with Crippen LogP contribution in [0.2, 0.25) is 0 Å². The molecule has 0 N–H and O–H groups in total. The number of benzene rings is 1. The molecule has 0 atom stereocenters. The minimum absolute atomic E-state index is 0.296. The summed E-state index contributed by atoms with van der Waals surface area (Å²) in [5, 5.41) is 1.07. The Bertz CT molecular complexity index is 408. The Morgan fingerprint density at radius 2 is 2.25 bits per heavy atom. The lowest BCUT2D eigenvalue weighted by atomic mass is 10.2. The van der Waals surface area contributed by atoms with Crippen LogP contribution in [0.15, 0.2) is 24.3 Å². The quantitative estimate of drug-likeness (QED) is 0.700. The lowest BCUT2D eigenvalue weighted by molar-refractivity contribution is 0.555. The molecule has 0 amide bonds. The number of fused-ring (bicyclic) bond motifs is 1. The van der Waals surface area contributed by atoms with Gasteiger partial charge in [-0.1, -0.05) is 18.2 Å². The van der Waals surface area contributed by atoms with Crippen LogP contribution in [-0.2, 0) is 11.2 Å². The maximum Gasteiger partial charge on any atom is 0.204 e. The van der Waals surface area contributed by atoms with Crippen LogP contribution in [0, 0.1) is 0 Å². The van der Waals surface area contributed by atoms with E-state index in [1.807, 2.05) is 30.6 Å². The minimum atomic E-state index is 0.296. The van der Waals surface area contributed by atoms with Crippen molar-refractivity contribution in [2.24, 2.45) is 0 Å². The first-order valence-corrected chi connectivity index (χ1v) is 4.37. The number of hydrogen-bond donors (Lipinski definition) is 0. The van der Waals surface area contributed by atoms with E-state index in [0.717, 1.165) is 15.8 Å². The van der Waals surface area contributed by atoms with Crippen LogP contribution in [0.4, 0.5) is 0 Å². The number of nitrogens with zero attached hydrogens (tertiary/aromatic N) is 1. The smallest absolute Gasteiger partial charge is 0.204 e. The molecule has 12 heavy (non-hydrogen) atoms. The van der Waals surface area contributed by atoms with Crippen molar-refractivity contribution < 1.29 is 4.79 Å². The van der Waals surface area contributed by atoms with Gasteiger partial charge in [-0.25, -0.2) is 0 Å². The van der Waals surface area contributed by atoms with Gasteiger partial charge < -0.3 is 0 Å². The fourth-order valence-corrected chi connectivity index (χ4v) is 1.93. The molecule has 0 saturated carbocycles. The van der Waals surface area contributed by atoms with Crippen LogP contribution in [0.1, 0.15) is 5.69 Å². The van der Waals surface area contributed by atoms with Gasteiger partial charge in [-0.15, -0.1) is 0 Å². The molecule has 2 nitrogen and oxygen atoms in total. The highest BCUT2D eigenvalue weighted by molar-refractivity contribution is 7.13. The predicted molar refractivity (Wildman–Crippen MR) is 49.0 cm³/mol. The van der Waals surface area contributed by atoms with E-state index < -0.39 is 0 Å². The minimum Gasteiger partial charge on any atom is -0.290 e. The third-order valence-electron chi connectivity index (χ3n) is 1.69. The summed E-state index contributed by atoms with van der Waals surface area (Å²) in [6, 6.07) is 7.90. The molecule has 3 heteroatoms. The second-order valence-corrected chi connectivity index (χ2v) is 3.25. The molecule has 0 unspecified atom stereocenters. The number of carbonyl (C=O) groups excluding carboxylic acids is 1. The molecule has 59 valence electrons. The van der Waals surface area contributed by atoms with Crippen molar-refractivity contribution in [2.75, 3.05) is 0 Å². The summed E-state index contributed by atoms with van der Waals surface area (Å²) in [4.78, 5) is 10.2. The molecule has 0 fully saturated rings. The normalized spacial score (nSPS) is 10.3. The van der Waals surface area contributed by atoms with Crippen LogP contribution in [0.3, 0.4) is 0 Å². The van der Waals surface area contributed by atoms with E-state index in [2.05, 4.69) is 4.37 Å². The summed E-state index contributed by atoms with van der Waals surface area (Å²) in [5.41, 5.74) is 0.839. The van der Waals surface area contributed by atoms with Gasteiger partial charge in [0.1, 0.15) is 0 Å². The van der Waals surface area contributed by atoms with Gasteiger partial charge >= 0.3 is 0 Å². The standard InChI is InChI=1S/C9H6NOS/c11-6-5-8-7-3-1-2-4-9(7)12-10-8/h1-4H,5H2. The van der Waals surface area contributed by atoms with Gasteiger partial charge in [0.25, 0.3) is 0 Å². The number of rotatable bonds is 2. The highest BCUT2D eigenvalue weighted by Crippen LogP contribution is 2.21. The second kappa shape index (κ2) is 3.03. The maximum atomic E-state index is 10.2. The zero-order valence-electron chi connectivity index (χ0n) is 6.28. The molecule has 0 spiro atoms. The lowest BCUT2D eigenvalue weighted by Gasteiger charge is -1.87. The Kier molecular flexibility index (Phi) is 1.87. The van der Waals surface area contributed by atoms with Gasteiger partial charge in [-0.3, -0.25) is 4.79 Å². The van der Waals surface area contributed by atoms with Crippen molar-refractivity contribution in [3.05, 3.63) is 30.0 Å². The molecule has 0 aliphatic rings. The topological polar surface area (TPSA) is 30.0 Å². The average Bonchev–Trinajstić information content (AvgIpc) is 2.50. The zero-order chi connectivity index (χ0) is 8.39. The van der Waals surface area contributed by atoms with E-state index in [9.17, 15) is 4.79 Å². The Morgan fingerprint density at radius 3 is 3.08 bits per heavy atom. The second-order valence-electron chi connectivity index (χ2n) is 2.45. The first-order chi connectivity index (χ1) is 5.92. The fourth-order valence-electron chi connectivity index (χ4n) is 1.13. The third-order valence-corrected chi connectivity index (χ3v) is 2.56. The van der Waals surface area contributed by atoms with E-state index in [1.54, 1.807) is 0 Å². The van der Waals surface area contributed by atoms with Gasteiger partial charge in [0.05, 0.1) is 16.8 Å². The van der Waals surface area contributed by atoms with Crippen LogP contribution in [0.25, 0.3) is 10.1 Å². The number of aromatic nitrogens is 1. The van der Waals surface area contributed by atoms with E-state index in [4.69, 9.17) is 0 Å². The monoisotopic (exact) mass is 176 g/mol. The molecule has 2 rings (SSSR count). The van der Waals surface area contributed by atoms with Crippen LogP contribution >= 0.6 is 11.5 Å². The van der Waals surface area contributed by atoms with Crippen molar-refractivity contribution >= 4 is 27.9 Å². The third kappa shape index (κ3) is 1.12.